The van der Waals surface area contributed by atoms with Crippen LogP contribution in [0.1, 0.15) is 21.5 Å². The summed E-state index contributed by atoms with van der Waals surface area (Å²) in [4.78, 5) is 26.0. The number of ketones is 1. The minimum Gasteiger partial charge on any atom is -0.484 e. The lowest BCUT2D eigenvalue weighted by Gasteiger charge is -2.18. The summed E-state index contributed by atoms with van der Waals surface area (Å²) in [5.41, 5.74) is 1.39. The number of hydrogen-bond acceptors (Lipinski definition) is 3. The third-order valence-corrected chi connectivity index (χ3v) is 4.75. The highest BCUT2D eigenvalue weighted by Gasteiger charge is 2.15. The highest BCUT2D eigenvalue weighted by Crippen LogP contribution is 2.20. The zero-order valence-corrected chi connectivity index (χ0v) is 16.5. The lowest BCUT2D eigenvalue weighted by atomic mass is 10.0. The number of carbonyl (C=O) groups excluding carboxylic acids is 2. The first-order valence-corrected chi connectivity index (χ1v) is 9.33. The standard InChI is InChI=1S/C23H19ClFNO3/c1-26(14-19-20(24)8-5-9-21(19)25)22(27)15-29-18-12-10-17(11-13-18)23(28)16-6-3-2-4-7-16/h2-13H,14-15H2,1H3. The van der Waals surface area contributed by atoms with Gasteiger partial charge in [0.05, 0.1) is 0 Å². The van der Waals surface area contributed by atoms with Crippen molar-refractivity contribution < 1.29 is 18.7 Å². The predicted molar refractivity (Wildman–Crippen MR) is 110 cm³/mol. The van der Waals surface area contributed by atoms with Gasteiger partial charge in [-0.25, -0.2) is 4.39 Å². The highest BCUT2D eigenvalue weighted by molar-refractivity contribution is 6.31. The number of halogens is 2. The molecule has 0 unspecified atom stereocenters. The van der Waals surface area contributed by atoms with Gasteiger partial charge in [0.25, 0.3) is 5.91 Å². The molecule has 0 atom stereocenters. The molecule has 0 fully saturated rings. The molecule has 3 aromatic carbocycles. The van der Waals surface area contributed by atoms with Crippen molar-refractivity contribution in [2.45, 2.75) is 6.54 Å². The summed E-state index contributed by atoms with van der Waals surface area (Å²) in [6, 6.07) is 19.9. The second-order valence-corrected chi connectivity index (χ2v) is 6.87. The fourth-order valence-corrected chi connectivity index (χ4v) is 2.95. The quantitative estimate of drug-likeness (QED) is 0.527. The lowest BCUT2D eigenvalue weighted by molar-refractivity contribution is -0.132. The highest BCUT2D eigenvalue weighted by atomic mass is 35.5. The third kappa shape index (κ3) is 5.21. The van der Waals surface area contributed by atoms with E-state index in [2.05, 4.69) is 0 Å². The maximum Gasteiger partial charge on any atom is 0.260 e. The van der Waals surface area contributed by atoms with Crippen LogP contribution in [-0.2, 0) is 11.3 Å². The molecule has 29 heavy (non-hydrogen) atoms. The number of hydrogen-bond donors (Lipinski definition) is 0. The molecule has 0 aliphatic heterocycles. The average Bonchev–Trinajstić information content (AvgIpc) is 2.75. The van der Waals surface area contributed by atoms with Gasteiger partial charge < -0.3 is 9.64 Å². The van der Waals surface area contributed by atoms with Crippen molar-refractivity contribution >= 4 is 23.3 Å². The van der Waals surface area contributed by atoms with Crippen molar-refractivity contribution in [3.05, 3.63) is 100 Å². The lowest BCUT2D eigenvalue weighted by Crippen LogP contribution is -2.31. The Bertz CT molecular complexity index is 986. The molecule has 0 heterocycles. The largest absolute Gasteiger partial charge is 0.484 e. The van der Waals surface area contributed by atoms with Gasteiger partial charge in [-0.3, -0.25) is 9.59 Å². The van der Waals surface area contributed by atoms with Crippen molar-refractivity contribution in [2.75, 3.05) is 13.7 Å². The average molecular weight is 412 g/mol. The van der Waals surface area contributed by atoms with Gasteiger partial charge >= 0.3 is 0 Å². The zero-order valence-electron chi connectivity index (χ0n) is 15.8. The second kappa shape index (κ2) is 9.34. The molecule has 0 radical (unpaired) electrons. The van der Waals surface area contributed by atoms with E-state index in [0.717, 1.165) is 0 Å². The summed E-state index contributed by atoms with van der Waals surface area (Å²) in [6.07, 6.45) is 0. The van der Waals surface area contributed by atoms with Gasteiger partial charge in [0, 0.05) is 35.3 Å². The summed E-state index contributed by atoms with van der Waals surface area (Å²) < 4.78 is 19.4. The fourth-order valence-electron chi connectivity index (χ4n) is 2.72. The Kier molecular flexibility index (Phi) is 6.62. The molecule has 0 aromatic heterocycles. The smallest absolute Gasteiger partial charge is 0.260 e. The number of rotatable bonds is 7. The van der Waals surface area contributed by atoms with Crippen molar-refractivity contribution in [1.29, 1.82) is 0 Å². The SMILES string of the molecule is CN(Cc1c(F)cccc1Cl)C(=O)COc1ccc(C(=O)c2ccccc2)cc1. The first kappa shape index (κ1) is 20.6. The van der Waals surface area contributed by atoms with E-state index < -0.39 is 5.82 Å². The predicted octanol–water partition coefficient (Wildman–Crippen LogP) is 4.75. The van der Waals surface area contributed by atoms with Crippen LogP contribution in [0.5, 0.6) is 5.75 Å². The van der Waals surface area contributed by atoms with Crippen LogP contribution >= 0.6 is 11.6 Å². The van der Waals surface area contributed by atoms with Gasteiger partial charge in [0.2, 0.25) is 0 Å². The van der Waals surface area contributed by atoms with Crippen LogP contribution in [0.3, 0.4) is 0 Å². The van der Waals surface area contributed by atoms with Crippen molar-refractivity contribution in [3.8, 4) is 5.75 Å². The van der Waals surface area contributed by atoms with E-state index in [0.29, 0.717) is 16.9 Å². The van der Waals surface area contributed by atoms with Crippen LogP contribution in [-0.4, -0.2) is 30.2 Å². The third-order valence-electron chi connectivity index (χ3n) is 4.40. The first-order chi connectivity index (χ1) is 14.0. The van der Waals surface area contributed by atoms with Gasteiger partial charge in [-0.2, -0.15) is 0 Å². The number of amides is 1. The molecular formula is C23H19ClFNO3. The van der Waals surface area contributed by atoms with E-state index in [9.17, 15) is 14.0 Å². The molecule has 0 saturated carbocycles. The summed E-state index contributed by atoms with van der Waals surface area (Å²) in [5, 5.41) is 0.268. The van der Waals surface area contributed by atoms with Gasteiger partial charge in [0.1, 0.15) is 11.6 Å². The van der Waals surface area contributed by atoms with Crippen LogP contribution in [0.2, 0.25) is 5.02 Å². The topological polar surface area (TPSA) is 46.6 Å². The molecule has 4 nitrogen and oxygen atoms in total. The number of ether oxygens (including phenoxy) is 1. The van der Waals surface area contributed by atoms with Crippen molar-refractivity contribution in [3.63, 3.8) is 0 Å². The van der Waals surface area contributed by atoms with Crippen LogP contribution in [0.4, 0.5) is 4.39 Å². The second-order valence-electron chi connectivity index (χ2n) is 6.46. The maximum atomic E-state index is 13.9. The minimum atomic E-state index is -0.461. The number of carbonyl (C=O) groups is 2. The van der Waals surface area contributed by atoms with Crippen LogP contribution < -0.4 is 4.74 Å². The Hall–Kier alpha value is -3.18. The van der Waals surface area contributed by atoms with E-state index >= 15 is 0 Å². The Morgan fingerprint density at radius 1 is 0.931 bits per heavy atom. The Morgan fingerprint density at radius 3 is 2.24 bits per heavy atom. The normalized spacial score (nSPS) is 10.4. The molecular weight excluding hydrogens is 393 g/mol. The van der Waals surface area contributed by atoms with Crippen LogP contribution in [0.15, 0.2) is 72.8 Å². The van der Waals surface area contributed by atoms with Gasteiger partial charge in [-0.05, 0) is 36.4 Å². The molecule has 3 aromatic rings. The number of likely N-dealkylation sites (N-methyl/N-ethyl adjacent to an activating group) is 1. The van der Waals surface area contributed by atoms with Gasteiger partial charge in [-0.15, -0.1) is 0 Å². The molecule has 1 amide bonds. The molecule has 6 heteroatoms. The zero-order chi connectivity index (χ0) is 20.8. The molecule has 0 aliphatic carbocycles. The molecule has 148 valence electrons. The summed E-state index contributed by atoms with van der Waals surface area (Å²) >= 11 is 6.00. The molecule has 0 bridgehead atoms. The van der Waals surface area contributed by atoms with Gasteiger partial charge in [0.15, 0.2) is 12.4 Å². The van der Waals surface area contributed by atoms with Crippen LogP contribution in [0.25, 0.3) is 0 Å². The molecule has 3 rings (SSSR count). The maximum absolute atomic E-state index is 13.9. The van der Waals surface area contributed by atoms with E-state index in [1.165, 1.54) is 17.0 Å². The van der Waals surface area contributed by atoms with E-state index in [-0.39, 0.29) is 35.4 Å². The van der Waals surface area contributed by atoms with Crippen molar-refractivity contribution in [2.24, 2.45) is 0 Å². The Morgan fingerprint density at radius 2 is 1.59 bits per heavy atom. The van der Waals surface area contributed by atoms with Crippen molar-refractivity contribution in [1.82, 2.24) is 4.90 Å². The molecule has 0 saturated heterocycles. The summed E-state index contributed by atoms with van der Waals surface area (Å²) in [7, 11) is 1.55. The van der Waals surface area contributed by atoms with Gasteiger partial charge in [-0.1, -0.05) is 48.0 Å². The molecule has 0 aliphatic rings. The van der Waals surface area contributed by atoms with Crippen LogP contribution in [0, 0.1) is 5.82 Å². The molecule has 0 spiro atoms. The Balaban J connectivity index is 1.57. The number of nitrogens with zero attached hydrogens (tertiary/aromatic N) is 1. The first-order valence-electron chi connectivity index (χ1n) is 8.95. The molecule has 0 N–H and O–H groups in total. The number of benzene rings is 3. The summed E-state index contributed by atoms with van der Waals surface area (Å²) in [6.45, 7) is -0.174. The minimum absolute atomic E-state index is 0.0399. The Labute approximate surface area is 173 Å². The monoisotopic (exact) mass is 411 g/mol. The summed E-state index contributed by atoms with van der Waals surface area (Å²) in [5.74, 6) is -0.416. The fraction of sp³-hybridized carbons (Fsp3) is 0.130. The van der Waals surface area contributed by atoms with E-state index in [1.807, 2.05) is 6.07 Å². The van der Waals surface area contributed by atoms with E-state index in [4.69, 9.17) is 16.3 Å². The van der Waals surface area contributed by atoms with E-state index in [1.54, 1.807) is 61.6 Å².